The molecule has 0 radical (unpaired) electrons. The number of carbonyl (C=O) groups excluding carboxylic acids is 1. The first kappa shape index (κ1) is 15.6. The molecule has 23 heavy (non-hydrogen) atoms. The van der Waals surface area contributed by atoms with Gasteiger partial charge in [0.05, 0.1) is 5.56 Å². The Labute approximate surface area is 141 Å². The number of nitrogens with one attached hydrogen (secondary N) is 1. The molecule has 6 heteroatoms. The van der Waals surface area contributed by atoms with Gasteiger partial charge in [-0.15, -0.1) is 0 Å². The van der Waals surface area contributed by atoms with E-state index in [4.69, 9.17) is 4.74 Å². The van der Waals surface area contributed by atoms with Crippen LogP contribution in [0.25, 0.3) is 10.9 Å². The largest absolute Gasteiger partial charge is 0.457 e. The van der Waals surface area contributed by atoms with Crippen LogP contribution in [0.5, 0.6) is 0 Å². The van der Waals surface area contributed by atoms with E-state index in [0.29, 0.717) is 26.6 Å². The number of aromatic amines is 1. The number of benzene rings is 1. The first-order valence-electron chi connectivity index (χ1n) is 7.07. The van der Waals surface area contributed by atoms with Gasteiger partial charge >= 0.3 is 5.97 Å². The predicted molar refractivity (Wildman–Crippen MR) is 91.5 cm³/mol. The van der Waals surface area contributed by atoms with E-state index in [2.05, 4.69) is 20.9 Å². The Morgan fingerprint density at radius 2 is 2.00 bits per heavy atom. The number of nitrogens with zero attached hydrogens (tertiary/aromatic N) is 1. The smallest absolute Gasteiger partial charge is 0.340 e. The molecule has 0 unspecified atom stereocenters. The van der Waals surface area contributed by atoms with Crippen LogP contribution in [0.3, 0.4) is 0 Å². The van der Waals surface area contributed by atoms with Crippen LogP contribution in [0, 0.1) is 6.92 Å². The summed E-state index contributed by atoms with van der Waals surface area (Å²) in [7, 11) is 1.66. The second kappa shape index (κ2) is 6.04. The lowest BCUT2D eigenvalue weighted by Crippen LogP contribution is -2.16. The Morgan fingerprint density at radius 3 is 2.70 bits per heavy atom. The van der Waals surface area contributed by atoms with Crippen molar-refractivity contribution in [2.75, 3.05) is 0 Å². The maximum Gasteiger partial charge on any atom is 0.340 e. The van der Waals surface area contributed by atoms with Crippen LogP contribution in [0.4, 0.5) is 0 Å². The zero-order chi connectivity index (χ0) is 16.6. The normalized spacial score (nSPS) is 10.9. The van der Waals surface area contributed by atoms with E-state index in [0.717, 1.165) is 5.56 Å². The van der Waals surface area contributed by atoms with Gasteiger partial charge in [-0.05, 0) is 28.4 Å². The van der Waals surface area contributed by atoms with Crippen molar-refractivity contribution in [2.45, 2.75) is 13.5 Å². The fourth-order valence-corrected chi connectivity index (χ4v) is 3.25. The number of ether oxygens (including phenoxy) is 1. The lowest BCUT2D eigenvalue weighted by atomic mass is 10.1. The van der Waals surface area contributed by atoms with E-state index < -0.39 is 5.97 Å². The average molecular weight is 375 g/mol. The number of hydrogen-bond donors (Lipinski definition) is 1. The van der Waals surface area contributed by atoms with E-state index in [1.165, 1.54) is 4.57 Å². The van der Waals surface area contributed by atoms with Gasteiger partial charge in [0.25, 0.3) is 5.56 Å². The van der Waals surface area contributed by atoms with E-state index in [-0.39, 0.29) is 12.2 Å². The molecule has 3 rings (SSSR count). The summed E-state index contributed by atoms with van der Waals surface area (Å²) in [5.74, 6) is -0.452. The van der Waals surface area contributed by atoms with Gasteiger partial charge in [-0.2, -0.15) is 0 Å². The third-order valence-corrected chi connectivity index (χ3v) is 4.29. The number of H-pyrrole nitrogens is 1. The minimum atomic E-state index is -0.452. The third-order valence-electron chi connectivity index (χ3n) is 3.68. The topological polar surface area (TPSA) is 64.1 Å². The number of pyridine rings is 1. The average Bonchev–Trinajstić information content (AvgIpc) is 2.89. The number of carbonyl (C=O) groups is 1. The van der Waals surface area contributed by atoms with E-state index in [9.17, 15) is 9.59 Å². The maximum atomic E-state index is 12.5. The van der Waals surface area contributed by atoms with Gasteiger partial charge in [0, 0.05) is 28.8 Å². The molecule has 1 aromatic carbocycles. The zero-order valence-corrected chi connectivity index (χ0v) is 14.3. The van der Waals surface area contributed by atoms with Crippen LogP contribution in [0.15, 0.2) is 45.8 Å². The summed E-state index contributed by atoms with van der Waals surface area (Å²) in [6, 6.07) is 9.46. The monoisotopic (exact) mass is 374 g/mol. The molecule has 118 valence electrons. The second-order valence-corrected chi connectivity index (χ2v) is 6.18. The summed E-state index contributed by atoms with van der Waals surface area (Å²) in [6.07, 6.45) is 1.64. The molecule has 0 fully saturated rings. The third kappa shape index (κ3) is 2.82. The molecule has 2 aromatic heterocycles. The number of hydrogen-bond acceptors (Lipinski definition) is 3. The molecular formula is C17H15BrN2O3. The maximum absolute atomic E-state index is 12.5. The van der Waals surface area contributed by atoms with Crippen LogP contribution >= 0.6 is 15.9 Å². The van der Waals surface area contributed by atoms with Crippen LogP contribution in [0.1, 0.15) is 21.6 Å². The highest BCUT2D eigenvalue weighted by Crippen LogP contribution is 2.28. The van der Waals surface area contributed by atoms with Gasteiger partial charge in [0.2, 0.25) is 0 Å². The molecule has 0 aliphatic rings. The molecule has 1 N–H and O–H groups in total. The molecule has 0 spiro atoms. The van der Waals surface area contributed by atoms with Crippen molar-refractivity contribution >= 4 is 32.8 Å². The van der Waals surface area contributed by atoms with Crippen LogP contribution < -0.4 is 5.56 Å². The zero-order valence-electron chi connectivity index (χ0n) is 12.7. The molecule has 0 bridgehead atoms. The molecule has 0 aliphatic heterocycles. The highest BCUT2D eigenvalue weighted by Gasteiger charge is 2.22. The van der Waals surface area contributed by atoms with Crippen molar-refractivity contribution in [3.8, 4) is 0 Å². The lowest BCUT2D eigenvalue weighted by molar-refractivity contribution is 0.0474. The highest BCUT2D eigenvalue weighted by molar-refractivity contribution is 9.10. The number of halogens is 1. The van der Waals surface area contributed by atoms with Crippen LogP contribution in [0.2, 0.25) is 0 Å². The van der Waals surface area contributed by atoms with Gasteiger partial charge in [-0.1, -0.05) is 30.3 Å². The Kier molecular flexibility index (Phi) is 4.09. The fraction of sp³-hybridized carbons (Fsp3) is 0.176. The van der Waals surface area contributed by atoms with Gasteiger partial charge in [0.15, 0.2) is 0 Å². The van der Waals surface area contributed by atoms with Crippen LogP contribution in [-0.2, 0) is 18.4 Å². The molecule has 5 nitrogen and oxygen atoms in total. The Morgan fingerprint density at radius 1 is 1.30 bits per heavy atom. The molecule has 2 heterocycles. The summed E-state index contributed by atoms with van der Waals surface area (Å²) in [6.45, 7) is 1.94. The predicted octanol–water partition coefficient (Wildman–Crippen LogP) is 3.29. The number of aromatic nitrogens is 2. The van der Waals surface area contributed by atoms with E-state index >= 15 is 0 Å². The molecule has 0 atom stereocenters. The van der Waals surface area contributed by atoms with Gasteiger partial charge in [0.1, 0.15) is 12.1 Å². The second-order valence-electron chi connectivity index (χ2n) is 5.33. The molecule has 0 amide bonds. The highest BCUT2D eigenvalue weighted by atomic mass is 79.9. The Bertz CT molecular complexity index is 942. The van der Waals surface area contributed by atoms with Crippen molar-refractivity contribution in [1.29, 1.82) is 0 Å². The molecule has 0 aliphatic carbocycles. The molecular weight excluding hydrogens is 360 g/mol. The van der Waals surface area contributed by atoms with Gasteiger partial charge < -0.3 is 14.3 Å². The SMILES string of the molecule is Cc1[nH]c2c(=O)n(C)cc(Br)c2c1C(=O)OCc1ccccc1. The first-order chi connectivity index (χ1) is 11.0. The first-order valence-corrected chi connectivity index (χ1v) is 7.86. The minimum Gasteiger partial charge on any atom is -0.457 e. The Hall–Kier alpha value is -2.34. The summed E-state index contributed by atoms with van der Waals surface area (Å²) in [5, 5.41) is 0.559. The summed E-state index contributed by atoms with van der Waals surface area (Å²) >= 11 is 3.42. The minimum absolute atomic E-state index is 0.187. The lowest BCUT2D eigenvalue weighted by Gasteiger charge is -2.06. The van der Waals surface area contributed by atoms with Crippen LogP contribution in [-0.4, -0.2) is 15.5 Å². The van der Waals surface area contributed by atoms with Gasteiger partial charge in [-0.25, -0.2) is 4.79 Å². The number of fused-ring (bicyclic) bond motifs is 1. The summed E-state index contributed by atoms with van der Waals surface area (Å²) in [4.78, 5) is 27.7. The number of aryl methyl sites for hydroxylation is 2. The number of esters is 1. The summed E-state index contributed by atoms with van der Waals surface area (Å²) < 4.78 is 7.53. The molecule has 0 saturated heterocycles. The number of rotatable bonds is 3. The van der Waals surface area contributed by atoms with Gasteiger partial charge in [-0.3, -0.25) is 4.79 Å². The molecule has 0 saturated carbocycles. The van der Waals surface area contributed by atoms with E-state index in [1.54, 1.807) is 20.2 Å². The Balaban J connectivity index is 1.99. The fourth-order valence-electron chi connectivity index (χ4n) is 2.54. The van der Waals surface area contributed by atoms with E-state index in [1.807, 2.05) is 30.3 Å². The standard InChI is InChI=1S/C17H15BrN2O3/c1-10-13(17(22)23-9-11-6-4-3-5-7-11)14-12(18)8-20(2)16(21)15(14)19-10/h3-8,19H,9H2,1-2H3. The van der Waals surface area contributed by atoms with Crippen molar-refractivity contribution < 1.29 is 9.53 Å². The quantitative estimate of drug-likeness (QED) is 0.715. The summed E-state index contributed by atoms with van der Waals surface area (Å²) in [5.41, 5.74) is 2.12. The van der Waals surface area contributed by atoms with Crippen molar-refractivity contribution in [3.63, 3.8) is 0 Å². The van der Waals surface area contributed by atoms with Crippen molar-refractivity contribution in [2.24, 2.45) is 7.05 Å². The molecule has 3 aromatic rings. The van der Waals surface area contributed by atoms with Crippen molar-refractivity contribution in [1.82, 2.24) is 9.55 Å². The van der Waals surface area contributed by atoms with Crippen molar-refractivity contribution in [3.05, 3.63) is 68.2 Å².